The van der Waals surface area contributed by atoms with Crippen molar-refractivity contribution in [2.24, 2.45) is 5.92 Å². The first-order valence-corrected chi connectivity index (χ1v) is 12.2. The minimum absolute atomic E-state index is 0.0630. The molecule has 0 radical (unpaired) electrons. The van der Waals surface area contributed by atoms with Gasteiger partial charge in [0.2, 0.25) is 5.91 Å². The van der Waals surface area contributed by atoms with Gasteiger partial charge in [0, 0.05) is 43.3 Å². The zero-order valence-corrected chi connectivity index (χ0v) is 19.3. The van der Waals surface area contributed by atoms with Gasteiger partial charge in [-0.3, -0.25) is 14.5 Å². The molecule has 0 unspecified atom stereocenters. The molecule has 2 fully saturated rings. The second kappa shape index (κ2) is 11.4. The van der Waals surface area contributed by atoms with Gasteiger partial charge < -0.3 is 15.7 Å². The first-order valence-electron chi connectivity index (χ1n) is 12.2. The number of likely N-dealkylation sites (tertiary alicyclic amines) is 1. The highest BCUT2D eigenvalue weighted by Gasteiger charge is 2.21. The summed E-state index contributed by atoms with van der Waals surface area (Å²) in [6.45, 7) is 3.20. The minimum Gasteiger partial charge on any atom is -0.393 e. The number of hydrogen-bond donors (Lipinski definition) is 3. The van der Waals surface area contributed by atoms with E-state index in [2.05, 4.69) is 39.8 Å². The average molecular weight is 450 g/mol. The van der Waals surface area contributed by atoms with Crippen molar-refractivity contribution in [3.63, 3.8) is 0 Å². The van der Waals surface area contributed by atoms with Crippen molar-refractivity contribution >= 4 is 17.5 Å². The number of carbonyl (C=O) groups is 2. The lowest BCUT2D eigenvalue weighted by molar-refractivity contribution is -0.120. The van der Waals surface area contributed by atoms with E-state index in [0.717, 1.165) is 63.7 Å². The lowest BCUT2D eigenvalue weighted by atomic mass is 9.88. The molecule has 2 amide bonds. The van der Waals surface area contributed by atoms with Crippen LogP contribution in [0, 0.1) is 5.92 Å². The molecule has 1 aliphatic heterocycles. The van der Waals surface area contributed by atoms with Crippen molar-refractivity contribution in [2.45, 2.75) is 64.1 Å². The van der Waals surface area contributed by atoms with Crippen LogP contribution in [0.15, 0.2) is 48.5 Å². The van der Waals surface area contributed by atoms with E-state index in [9.17, 15) is 14.7 Å². The third-order valence-electron chi connectivity index (χ3n) is 6.81. The molecule has 1 heterocycles. The number of piperidine rings is 1. The van der Waals surface area contributed by atoms with Gasteiger partial charge in [-0.1, -0.05) is 49.6 Å². The summed E-state index contributed by atoms with van der Waals surface area (Å²) < 4.78 is 0. The first-order chi connectivity index (χ1) is 16.1. The van der Waals surface area contributed by atoms with Crippen LogP contribution in [0.1, 0.15) is 66.4 Å². The Bertz CT molecular complexity index is 930. The van der Waals surface area contributed by atoms with Crippen molar-refractivity contribution < 1.29 is 14.7 Å². The largest absolute Gasteiger partial charge is 0.393 e. The molecular weight excluding hydrogens is 414 g/mol. The summed E-state index contributed by atoms with van der Waals surface area (Å²) in [6.07, 6.45) is 6.88. The van der Waals surface area contributed by atoms with Crippen LogP contribution in [0.2, 0.25) is 0 Å². The summed E-state index contributed by atoms with van der Waals surface area (Å²) in [5.74, 6) is -0.00601. The summed E-state index contributed by atoms with van der Waals surface area (Å²) >= 11 is 0. The predicted molar refractivity (Wildman–Crippen MR) is 130 cm³/mol. The molecule has 0 atom stereocenters. The van der Waals surface area contributed by atoms with E-state index in [1.807, 2.05) is 6.07 Å². The molecule has 3 N–H and O–H groups in total. The molecule has 6 nitrogen and oxygen atoms in total. The molecule has 2 aromatic carbocycles. The fourth-order valence-corrected chi connectivity index (χ4v) is 4.73. The molecule has 4 rings (SSSR count). The smallest absolute Gasteiger partial charge is 0.251 e. The summed E-state index contributed by atoms with van der Waals surface area (Å²) in [7, 11) is 0. The molecule has 1 aliphatic carbocycles. The van der Waals surface area contributed by atoms with Crippen LogP contribution in [0.4, 0.5) is 5.69 Å². The summed E-state index contributed by atoms with van der Waals surface area (Å²) in [4.78, 5) is 27.5. The first kappa shape index (κ1) is 23.5. The molecule has 1 saturated heterocycles. The Kier molecular flexibility index (Phi) is 8.13. The van der Waals surface area contributed by atoms with E-state index in [4.69, 9.17) is 0 Å². The van der Waals surface area contributed by atoms with Crippen LogP contribution in [0.3, 0.4) is 0 Å². The van der Waals surface area contributed by atoms with Crippen molar-refractivity contribution in [1.82, 2.24) is 10.2 Å². The number of aliphatic hydroxyl groups excluding tert-OH is 1. The minimum atomic E-state index is -0.153. The van der Waals surface area contributed by atoms with Crippen molar-refractivity contribution in [1.29, 1.82) is 0 Å². The fourth-order valence-electron chi connectivity index (χ4n) is 4.73. The number of aliphatic hydroxyl groups is 1. The number of amides is 2. The zero-order chi connectivity index (χ0) is 23.0. The lowest BCUT2D eigenvalue weighted by Crippen LogP contribution is -2.35. The van der Waals surface area contributed by atoms with Gasteiger partial charge in [-0.05, 0) is 55.0 Å². The van der Waals surface area contributed by atoms with E-state index < -0.39 is 0 Å². The highest BCUT2D eigenvalue weighted by atomic mass is 16.3. The van der Waals surface area contributed by atoms with Gasteiger partial charge >= 0.3 is 0 Å². The number of anilines is 1. The van der Waals surface area contributed by atoms with Crippen LogP contribution in [0.5, 0.6) is 0 Å². The molecule has 0 spiro atoms. The second-order valence-corrected chi connectivity index (χ2v) is 9.41. The van der Waals surface area contributed by atoms with Gasteiger partial charge in [-0.25, -0.2) is 0 Å². The number of nitrogens with one attached hydrogen (secondary N) is 2. The monoisotopic (exact) mass is 449 g/mol. The number of hydrogen-bond acceptors (Lipinski definition) is 4. The van der Waals surface area contributed by atoms with Gasteiger partial charge in [0.25, 0.3) is 5.91 Å². The number of nitrogens with zero attached hydrogens (tertiary/aromatic N) is 1. The lowest BCUT2D eigenvalue weighted by Gasteiger charge is -2.29. The molecule has 33 heavy (non-hydrogen) atoms. The highest BCUT2D eigenvalue weighted by Crippen LogP contribution is 2.25. The van der Waals surface area contributed by atoms with E-state index in [-0.39, 0.29) is 23.8 Å². The number of benzene rings is 2. The Morgan fingerprint density at radius 3 is 2.33 bits per heavy atom. The highest BCUT2D eigenvalue weighted by molar-refractivity contribution is 5.97. The van der Waals surface area contributed by atoms with E-state index in [1.165, 1.54) is 12.0 Å². The van der Waals surface area contributed by atoms with E-state index in [1.54, 1.807) is 18.2 Å². The maximum Gasteiger partial charge on any atom is 0.251 e. The molecule has 176 valence electrons. The third kappa shape index (κ3) is 6.89. The molecule has 0 aromatic heterocycles. The SMILES string of the molecule is O=C(NCc1ccc(CN2CCC(O)CC2)cc1)c1cccc(NC(=O)C2CCCCC2)c1. The molecule has 2 aromatic rings. The maximum absolute atomic E-state index is 12.7. The Morgan fingerprint density at radius 2 is 1.61 bits per heavy atom. The molecule has 2 aliphatic rings. The number of carbonyl (C=O) groups excluding carboxylic acids is 2. The Labute approximate surface area is 196 Å². The quantitative estimate of drug-likeness (QED) is 0.595. The Morgan fingerprint density at radius 1 is 0.909 bits per heavy atom. The average Bonchev–Trinajstić information content (AvgIpc) is 2.85. The molecule has 0 bridgehead atoms. The van der Waals surface area contributed by atoms with Crippen LogP contribution >= 0.6 is 0 Å². The van der Waals surface area contributed by atoms with Crippen molar-refractivity contribution in [3.05, 3.63) is 65.2 Å². The van der Waals surface area contributed by atoms with Crippen LogP contribution < -0.4 is 10.6 Å². The van der Waals surface area contributed by atoms with Crippen LogP contribution in [0.25, 0.3) is 0 Å². The standard InChI is InChI=1S/C27H35N3O3/c31-25-13-15-30(16-14-25)19-21-11-9-20(10-12-21)18-28-26(32)23-7-4-8-24(17-23)29-27(33)22-5-2-1-3-6-22/h4,7-12,17,22,25,31H,1-3,5-6,13-16,18-19H2,(H,28,32)(H,29,33). The molecule has 6 heteroatoms. The van der Waals surface area contributed by atoms with E-state index >= 15 is 0 Å². The van der Waals surface area contributed by atoms with Crippen molar-refractivity contribution in [3.8, 4) is 0 Å². The Balaban J connectivity index is 1.26. The van der Waals surface area contributed by atoms with Gasteiger partial charge in [-0.2, -0.15) is 0 Å². The zero-order valence-electron chi connectivity index (χ0n) is 19.3. The maximum atomic E-state index is 12.7. The van der Waals surface area contributed by atoms with Gasteiger partial charge in [0.1, 0.15) is 0 Å². The van der Waals surface area contributed by atoms with Gasteiger partial charge in [0.15, 0.2) is 0 Å². The third-order valence-corrected chi connectivity index (χ3v) is 6.81. The number of rotatable bonds is 7. The summed E-state index contributed by atoms with van der Waals surface area (Å²) in [5.41, 5.74) is 3.50. The topological polar surface area (TPSA) is 81.7 Å². The second-order valence-electron chi connectivity index (χ2n) is 9.41. The summed E-state index contributed by atoms with van der Waals surface area (Å²) in [6, 6.07) is 15.5. The van der Waals surface area contributed by atoms with Crippen molar-refractivity contribution in [2.75, 3.05) is 18.4 Å². The van der Waals surface area contributed by atoms with Crippen LogP contribution in [-0.2, 0) is 17.9 Å². The summed E-state index contributed by atoms with van der Waals surface area (Å²) in [5, 5.41) is 15.6. The van der Waals surface area contributed by atoms with Crippen LogP contribution in [-0.4, -0.2) is 41.0 Å². The molecular formula is C27H35N3O3. The van der Waals surface area contributed by atoms with Gasteiger partial charge in [0.05, 0.1) is 6.10 Å². The fraction of sp³-hybridized carbons (Fsp3) is 0.481. The predicted octanol–water partition coefficient (Wildman–Crippen LogP) is 4.09. The molecule has 1 saturated carbocycles. The van der Waals surface area contributed by atoms with E-state index in [0.29, 0.717) is 17.8 Å². The normalized spacial score (nSPS) is 18.1. The van der Waals surface area contributed by atoms with Gasteiger partial charge in [-0.15, -0.1) is 0 Å². The Hall–Kier alpha value is -2.70.